The van der Waals surface area contributed by atoms with E-state index in [1.54, 1.807) is 13.3 Å². The molecule has 0 radical (unpaired) electrons. The van der Waals surface area contributed by atoms with E-state index in [0.29, 0.717) is 18.5 Å². The number of aromatic nitrogens is 3. The molecule has 0 aliphatic heterocycles. The van der Waals surface area contributed by atoms with Crippen molar-refractivity contribution in [2.24, 2.45) is 0 Å². The van der Waals surface area contributed by atoms with Crippen LogP contribution in [-0.4, -0.2) is 28.1 Å². The lowest BCUT2D eigenvalue weighted by Crippen LogP contribution is -2.23. The molecule has 0 saturated heterocycles. The van der Waals surface area contributed by atoms with Crippen LogP contribution >= 0.6 is 0 Å². The molecule has 1 fully saturated rings. The number of hydrogen-bond donors (Lipinski definition) is 2. The normalized spacial score (nSPS) is 14.4. The van der Waals surface area contributed by atoms with E-state index in [-0.39, 0.29) is 0 Å². The van der Waals surface area contributed by atoms with E-state index in [0.717, 1.165) is 28.5 Å². The minimum Gasteiger partial charge on any atom is -0.497 e. The Bertz CT molecular complexity index is 926. The SMILES string of the molecule is COc1cccc(CNc2cc(-c3ccccn3)nc(NC3CCCCC3)n2)c1. The van der Waals surface area contributed by atoms with Gasteiger partial charge in [0.15, 0.2) is 0 Å². The molecule has 0 bridgehead atoms. The van der Waals surface area contributed by atoms with E-state index >= 15 is 0 Å². The average Bonchev–Trinajstić information content (AvgIpc) is 2.79. The minimum atomic E-state index is 0.439. The highest BCUT2D eigenvalue weighted by molar-refractivity contribution is 5.61. The van der Waals surface area contributed by atoms with Gasteiger partial charge in [-0.1, -0.05) is 37.5 Å². The molecule has 29 heavy (non-hydrogen) atoms. The summed E-state index contributed by atoms with van der Waals surface area (Å²) in [5, 5.41) is 6.96. The van der Waals surface area contributed by atoms with Crippen LogP contribution in [-0.2, 0) is 6.54 Å². The molecule has 4 rings (SSSR count). The molecule has 2 aromatic heterocycles. The maximum absolute atomic E-state index is 5.32. The van der Waals surface area contributed by atoms with Gasteiger partial charge < -0.3 is 15.4 Å². The fourth-order valence-corrected chi connectivity index (χ4v) is 3.65. The molecule has 0 unspecified atom stereocenters. The molecule has 1 saturated carbocycles. The monoisotopic (exact) mass is 389 g/mol. The van der Waals surface area contributed by atoms with Crippen LogP contribution in [0.4, 0.5) is 11.8 Å². The van der Waals surface area contributed by atoms with Gasteiger partial charge in [-0.25, -0.2) is 4.98 Å². The van der Waals surface area contributed by atoms with E-state index in [1.807, 2.05) is 42.5 Å². The van der Waals surface area contributed by atoms with Gasteiger partial charge in [-0.2, -0.15) is 4.98 Å². The molecule has 0 spiro atoms. The van der Waals surface area contributed by atoms with Crippen molar-refractivity contribution in [3.63, 3.8) is 0 Å². The first-order valence-corrected chi connectivity index (χ1v) is 10.2. The molecule has 1 aromatic carbocycles. The maximum Gasteiger partial charge on any atom is 0.225 e. The summed E-state index contributed by atoms with van der Waals surface area (Å²) in [4.78, 5) is 13.9. The Morgan fingerprint density at radius 1 is 0.966 bits per heavy atom. The molecule has 6 nitrogen and oxygen atoms in total. The van der Waals surface area contributed by atoms with Crippen molar-refractivity contribution in [2.45, 2.75) is 44.7 Å². The molecular weight excluding hydrogens is 362 g/mol. The van der Waals surface area contributed by atoms with Gasteiger partial charge in [0.05, 0.1) is 18.5 Å². The number of ether oxygens (including phenoxy) is 1. The predicted octanol–water partition coefficient (Wildman–Crippen LogP) is 4.90. The second-order valence-corrected chi connectivity index (χ2v) is 7.36. The number of benzene rings is 1. The second-order valence-electron chi connectivity index (χ2n) is 7.36. The first-order chi connectivity index (χ1) is 14.3. The number of nitrogens with zero attached hydrogens (tertiary/aromatic N) is 3. The Morgan fingerprint density at radius 2 is 1.86 bits per heavy atom. The quantitative estimate of drug-likeness (QED) is 0.599. The fraction of sp³-hybridized carbons (Fsp3) is 0.348. The molecule has 2 N–H and O–H groups in total. The Hall–Kier alpha value is -3.15. The molecule has 6 heteroatoms. The highest BCUT2D eigenvalue weighted by Crippen LogP contribution is 2.24. The van der Waals surface area contributed by atoms with Gasteiger partial charge in [-0.3, -0.25) is 4.98 Å². The number of methoxy groups -OCH3 is 1. The average molecular weight is 390 g/mol. The molecule has 3 aromatic rings. The van der Waals surface area contributed by atoms with Crippen LogP contribution in [0.2, 0.25) is 0 Å². The Morgan fingerprint density at radius 3 is 2.66 bits per heavy atom. The lowest BCUT2D eigenvalue weighted by Gasteiger charge is -2.23. The highest BCUT2D eigenvalue weighted by Gasteiger charge is 2.15. The van der Waals surface area contributed by atoms with E-state index in [4.69, 9.17) is 14.7 Å². The smallest absolute Gasteiger partial charge is 0.225 e. The number of hydrogen-bond acceptors (Lipinski definition) is 6. The fourth-order valence-electron chi connectivity index (χ4n) is 3.65. The van der Waals surface area contributed by atoms with Crippen LogP contribution in [0.1, 0.15) is 37.7 Å². The predicted molar refractivity (Wildman–Crippen MR) is 116 cm³/mol. The summed E-state index contributed by atoms with van der Waals surface area (Å²) in [6.07, 6.45) is 7.97. The summed E-state index contributed by atoms with van der Waals surface area (Å²) < 4.78 is 5.32. The van der Waals surface area contributed by atoms with E-state index in [9.17, 15) is 0 Å². The molecule has 0 atom stereocenters. The van der Waals surface area contributed by atoms with Gasteiger partial charge >= 0.3 is 0 Å². The van der Waals surface area contributed by atoms with Crippen LogP contribution in [0.25, 0.3) is 11.4 Å². The van der Waals surface area contributed by atoms with Gasteiger partial charge in [0.1, 0.15) is 11.6 Å². The van der Waals surface area contributed by atoms with E-state index < -0.39 is 0 Å². The minimum absolute atomic E-state index is 0.439. The van der Waals surface area contributed by atoms with Crippen molar-refractivity contribution in [1.29, 1.82) is 0 Å². The molecular formula is C23H27N5O. The van der Waals surface area contributed by atoms with Crippen LogP contribution in [0.5, 0.6) is 5.75 Å². The number of pyridine rings is 1. The Labute approximate surface area is 171 Å². The zero-order valence-electron chi connectivity index (χ0n) is 16.8. The van der Waals surface area contributed by atoms with Crippen LogP contribution in [0, 0.1) is 0 Å². The lowest BCUT2D eigenvalue weighted by molar-refractivity contribution is 0.414. The Kier molecular flexibility index (Phi) is 6.19. The van der Waals surface area contributed by atoms with Crippen LogP contribution in [0.3, 0.4) is 0 Å². The van der Waals surface area contributed by atoms with E-state index in [1.165, 1.54) is 32.1 Å². The van der Waals surface area contributed by atoms with Crippen molar-refractivity contribution in [2.75, 3.05) is 17.7 Å². The van der Waals surface area contributed by atoms with Gasteiger partial charge in [0.25, 0.3) is 0 Å². The molecule has 0 amide bonds. The number of nitrogens with one attached hydrogen (secondary N) is 2. The first-order valence-electron chi connectivity index (χ1n) is 10.2. The zero-order valence-corrected chi connectivity index (χ0v) is 16.8. The summed E-state index contributed by atoms with van der Waals surface area (Å²) >= 11 is 0. The second kappa shape index (κ2) is 9.37. The number of rotatable bonds is 7. The van der Waals surface area contributed by atoms with Crippen molar-refractivity contribution in [3.05, 3.63) is 60.3 Å². The summed E-state index contributed by atoms with van der Waals surface area (Å²) in [7, 11) is 1.68. The summed E-state index contributed by atoms with van der Waals surface area (Å²) in [5.41, 5.74) is 2.78. The maximum atomic E-state index is 5.32. The first kappa shape index (κ1) is 19.2. The van der Waals surface area contributed by atoms with Crippen molar-refractivity contribution in [3.8, 4) is 17.1 Å². The molecule has 2 heterocycles. The van der Waals surface area contributed by atoms with Gasteiger partial charge in [0.2, 0.25) is 5.95 Å². The summed E-state index contributed by atoms with van der Waals surface area (Å²) in [6.45, 7) is 0.652. The third-order valence-electron chi connectivity index (χ3n) is 5.20. The zero-order chi connectivity index (χ0) is 19.9. The van der Waals surface area contributed by atoms with Gasteiger partial charge in [0, 0.05) is 24.8 Å². The third kappa shape index (κ3) is 5.22. The topological polar surface area (TPSA) is 72.0 Å². The molecule has 150 valence electrons. The van der Waals surface area contributed by atoms with Gasteiger partial charge in [-0.15, -0.1) is 0 Å². The van der Waals surface area contributed by atoms with Crippen LogP contribution in [0.15, 0.2) is 54.7 Å². The third-order valence-corrected chi connectivity index (χ3v) is 5.20. The summed E-state index contributed by atoms with van der Waals surface area (Å²) in [6, 6.07) is 16.3. The summed E-state index contributed by atoms with van der Waals surface area (Å²) in [5.74, 6) is 2.29. The van der Waals surface area contributed by atoms with Gasteiger partial charge in [-0.05, 0) is 42.7 Å². The number of anilines is 2. The Balaban J connectivity index is 1.56. The van der Waals surface area contributed by atoms with Crippen molar-refractivity contribution < 1.29 is 4.74 Å². The standard InChI is InChI=1S/C23H27N5O/c1-29-19-11-7-8-17(14-19)16-25-22-15-21(20-12-5-6-13-24-20)27-23(28-22)26-18-9-3-2-4-10-18/h5-8,11-15,18H,2-4,9-10,16H2,1H3,(H2,25,26,27,28). The molecule has 1 aliphatic carbocycles. The van der Waals surface area contributed by atoms with Crippen LogP contribution < -0.4 is 15.4 Å². The largest absolute Gasteiger partial charge is 0.497 e. The lowest BCUT2D eigenvalue weighted by atomic mass is 9.96. The van der Waals surface area contributed by atoms with Crippen molar-refractivity contribution >= 4 is 11.8 Å². The highest BCUT2D eigenvalue weighted by atomic mass is 16.5. The molecule has 1 aliphatic rings. The van der Waals surface area contributed by atoms with Crippen molar-refractivity contribution in [1.82, 2.24) is 15.0 Å². The van der Waals surface area contributed by atoms with E-state index in [2.05, 4.69) is 21.7 Å².